The quantitative estimate of drug-likeness (QED) is 0.848. The van der Waals surface area contributed by atoms with Crippen molar-refractivity contribution in [3.63, 3.8) is 0 Å². The van der Waals surface area contributed by atoms with E-state index in [4.69, 9.17) is 16.7 Å². The maximum atomic E-state index is 12.5. The molecule has 0 amide bonds. The molecule has 7 heteroatoms. The number of aliphatic hydroxyl groups excluding tert-OH is 1. The summed E-state index contributed by atoms with van der Waals surface area (Å²) in [6.07, 6.45) is -2.52. The Hall–Kier alpha value is -1.01. The molecule has 0 radical (unpaired) electrons. The fourth-order valence-electron chi connectivity index (χ4n) is 1.49. The van der Waals surface area contributed by atoms with Gasteiger partial charge in [0.15, 0.2) is 0 Å². The first kappa shape index (κ1) is 16.0. The zero-order valence-electron chi connectivity index (χ0n) is 11.2. The third-order valence-corrected chi connectivity index (χ3v) is 2.60. The van der Waals surface area contributed by atoms with Crippen LogP contribution in [0, 0.1) is 0 Å². The van der Waals surface area contributed by atoms with Gasteiger partial charge in [-0.2, -0.15) is 0 Å². The first-order chi connectivity index (χ1) is 8.74. The molecule has 0 fully saturated rings. The van der Waals surface area contributed by atoms with Crippen LogP contribution < -0.4 is 4.90 Å². The van der Waals surface area contributed by atoms with Crippen molar-refractivity contribution in [3.05, 3.63) is 17.0 Å². The van der Waals surface area contributed by atoms with Crippen LogP contribution in [0.3, 0.4) is 0 Å². The van der Waals surface area contributed by atoms with E-state index >= 15 is 0 Å². The average Bonchev–Trinajstić information content (AvgIpc) is 2.26. The molecule has 0 aromatic carbocycles. The lowest BCUT2D eigenvalue weighted by Crippen LogP contribution is -2.33. The molecule has 0 unspecified atom stereocenters. The van der Waals surface area contributed by atoms with E-state index in [0.717, 1.165) is 0 Å². The summed E-state index contributed by atoms with van der Waals surface area (Å²) in [6.45, 7) is 5.06. The second-order valence-corrected chi connectivity index (χ2v) is 5.57. The number of hydrogen-bond acceptors (Lipinski definition) is 4. The monoisotopic (exact) mass is 293 g/mol. The summed E-state index contributed by atoms with van der Waals surface area (Å²) in [7, 11) is 0. The molecule has 0 aliphatic rings. The van der Waals surface area contributed by atoms with Crippen molar-refractivity contribution < 1.29 is 13.9 Å². The molecule has 1 rings (SSSR count). The topological polar surface area (TPSA) is 49.2 Å². The normalized spacial score (nSPS) is 12.0. The fourth-order valence-corrected chi connectivity index (χ4v) is 1.67. The van der Waals surface area contributed by atoms with Crippen LogP contribution in [0.2, 0.25) is 5.15 Å². The minimum Gasteiger partial charge on any atom is -0.395 e. The zero-order chi connectivity index (χ0) is 14.6. The second-order valence-electron chi connectivity index (χ2n) is 5.18. The standard InChI is InChI=1S/C12H18ClF2N3O/c1-12(2,3)11-16-8(13)6-10(17-11)18(4-5-19)7-9(14)15/h6,9,19H,4-5,7H2,1-3H3. The first-order valence-corrected chi connectivity index (χ1v) is 6.31. The van der Waals surface area contributed by atoms with Gasteiger partial charge in [-0.15, -0.1) is 0 Å². The van der Waals surface area contributed by atoms with E-state index in [1.807, 2.05) is 20.8 Å². The van der Waals surface area contributed by atoms with E-state index in [0.29, 0.717) is 11.6 Å². The third-order valence-electron chi connectivity index (χ3n) is 2.40. The highest BCUT2D eigenvalue weighted by Gasteiger charge is 2.21. The van der Waals surface area contributed by atoms with Crippen LogP contribution in [0.25, 0.3) is 0 Å². The highest BCUT2D eigenvalue weighted by molar-refractivity contribution is 6.29. The van der Waals surface area contributed by atoms with E-state index in [-0.39, 0.29) is 23.7 Å². The van der Waals surface area contributed by atoms with E-state index in [1.54, 1.807) is 0 Å². The Labute approximate surface area is 116 Å². The van der Waals surface area contributed by atoms with Crippen molar-refractivity contribution in [2.75, 3.05) is 24.6 Å². The summed E-state index contributed by atoms with van der Waals surface area (Å²) in [5.74, 6) is 0.784. The molecule has 0 spiro atoms. The highest BCUT2D eigenvalue weighted by Crippen LogP contribution is 2.24. The van der Waals surface area contributed by atoms with E-state index in [9.17, 15) is 8.78 Å². The number of hydrogen-bond donors (Lipinski definition) is 1. The maximum absolute atomic E-state index is 12.5. The van der Waals surface area contributed by atoms with Crippen molar-refractivity contribution in [1.82, 2.24) is 9.97 Å². The largest absolute Gasteiger partial charge is 0.395 e. The van der Waals surface area contributed by atoms with Crippen molar-refractivity contribution in [2.45, 2.75) is 32.6 Å². The van der Waals surface area contributed by atoms with Crippen LogP contribution in [-0.4, -0.2) is 41.2 Å². The summed E-state index contributed by atoms with van der Waals surface area (Å²) in [5.41, 5.74) is -0.338. The van der Waals surface area contributed by atoms with Gasteiger partial charge < -0.3 is 10.0 Å². The molecule has 4 nitrogen and oxygen atoms in total. The highest BCUT2D eigenvalue weighted by atomic mass is 35.5. The van der Waals surface area contributed by atoms with Gasteiger partial charge >= 0.3 is 0 Å². The van der Waals surface area contributed by atoms with Crippen molar-refractivity contribution >= 4 is 17.4 Å². The van der Waals surface area contributed by atoms with Gasteiger partial charge in [0.1, 0.15) is 16.8 Å². The van der Waals surface area contributed by atoms with E-state index < -0.39 is 13.0 Å². The van der Waals surface area contributed by atoms with Crippen LogP contribution >= 0.6 is 11.6 Å². The van der Waals surface area contributed by atoms with Crippen LogP contribution in [-0.2, 0) is 5.41 Å². The van der Waals surface area contributed by atoms with Crippen molar-refractivity contribution in [3.8, 4) is 0 Å². The van der Waals surface area contributed by atoms with Crippen LogP contribution in [0.5, 0.6) is 0 Å². The molecule has 1 N–H and O–H groups in total. The maximum Gasteiger partial charge on any atom is 0.255 e. The lowest BCUT2D eigenvalue weighted by molar-refractivity contribution is 0.152. The average molecular weight is 294 g/mol. The minimum absolute atomic E-state index is 0.0707. The molecule has 19 heavy (non-hydrogen) atoms. The number of rotatable bonds is 5. The number of halogens is 3. The summed E-state index contributed by atoms with van der Waals surface area (Å²) < 4.78 is 25.1. The summed E-state index contributed by atoms with van der Waals surface area (Å²) in [4.78, 5) is 9.67. The van der Waals surface area contributed by atoms with Gasteiger partial charge in [-0.3, -0.25) is 0 Å². The lowest BCUT2D eigenvalue weighted by atomic mass is 9.96. The third kappa shape index (κ3) is 4.87. The predicted octanol–water partition coefficient (Wildman–Crippen LogP) is 2.49. The van der Waals surface area contributed by atoms with Crippen LogP contribution in [0.1, 0.15) is 26.6 Å². The summed E-state index contributed by atoms with van der Waals surface area (Å²) >= 11 is 5.91. The number of anilines is 1. The summed E-state index contributed by atoms with van der Waals surface area (Å²) in [5, 5.41) is 9.15. The van der Waals surface area contributed by atoms with Gasteiger partial charge in [-0.1, -0.05) is 32.4 Å². The van der Waals surface area contributed by atoms with E-state index in [2.05, 4.69) is 9.97 Å². The SMILES string of the molecule is CC(C)(C)c1nc(Cl)cc(N(CCO)CC(F)F)n1. The predicted molar refractivity (Wildman–Crippen MR) is 71.0 cm³/mol. The Morgan fingerprint density at radius 1 is 1.37 bits per heavy atom. The molecule has 0 aliphatic heterocycles. The number of aromatic nitrogens is 2. The van der Waals surface area contributed by atoms with Crippen molar-refractivity contribution in [2.24, 2.45) is 0 Å². The molecule has 1 heterocycles. The zero-order valence-corrected chi connectivity index (χ0v) is 12.0. The summed E-state index contributed by atoms with van der Waals surface area (Å²) in [6, 6.07) is 1.43. The molecule has 0 saturated heterocycles. The van der Waals surface area contributed by atoms with Crippen LogP contribution in [0.4, 0.5) is 14.6 Å². The molecule has 1 aromatic heterocycles. The van der Waals surface area contributed by atoms with Gasteiger partial charge in [-0.25, -0.2) is 18.7 Å². The Balaban J connectivity index is 3.12. The Morgan fingerprint density at radius 3 is 2.47 bits per heavy atom. The van der Waals surface area contributed by atoms with Gasteiger partial charge in [-0.05, 0) is 0 Å². The molecular weight excluding hydrogens is 276 g/mol. The first-order valence-electron chi connectivity index (χ1n) is 5.93. The van der Waals surface area contributed by atoms with Gasteiger partial charge in [0, 0.05) is 18.0 Å². The van der Waals surface area contributed by atoms with Crippen molar-refractivity contribution in [1.29, 1.82) is 0 Å². The molecule has 1 aromatic rings. The Kier molecular flexibility index (Phi) is 5.43. The molecule has 0 saturated carbocycles. The molecule has 0 atom stereocenters. The van der Waals surface area contributed by atoms with Gasteiger partial charge in [0.2, 0.25) is 0 Å². The number of alkyl halides is 2. The Bertz CT molecular complexity index is 424. The smallest absolute Gasteiger partial charge is 0.255 e. The van der Waals surface area contributed by atoms with E-state index in [1.165, 1.54) is 11.0 Å². The van der Waals surface area contributed by atoms with Crippen LogP contribution in [0.15, 0.2) is 6.07 Å². The number of nitrogens with zero attached hydrogens (tertiary/aromatic N) is 3. The van der Waals surface area contributed by atoms with Gasteiger partial charge in [0.25, 0.3) is 6.43 Å². The second kappa shape index (κ2) is 6.43. The molecule has 0 aliphatic carbocycles. The Morgan fingerprint density at radius 2 is 2.00 bits per heavy atom. The fraction of sp³-hybridized carbons (Fsp3) is 0.667. The molecular formula is C12H18ClF2N3O. The van der Waals surface area contributed by atoms with Gasteiger partial charge in [0.05, 0.1) is 13.2 Å². The lowest BCUT2D eigenvalue weighted by Gasteiger charge is -2.25. The number of aliphatic hydroxyl groups is 1. The molecule has 108 valence electrons. The molecule has 0 bridgehead atoms. The minimum atomic E-state index is -2.52.